The first-order chi connectivity index (χ1) is 8.75. The fraction of sp³-hybridized carbons (Fsp3) is 0.462. The summed E-state index contributed by atoms with van der Waals surface area (Å²) in [7, 11) is 1.28. The lowest BCUT2D eigenvalue weighted by Gasteiger charge is -2.19. The van der Waals surface area contributed by atoms with Crippen LogP contribution >= 0.6 is 0 Å². The molecule has 3 nitrogen and oxygen atoms in total. The lowest BCUT2D eigenvalue weighted by Crippen LogP contribution is -2.36. The second kappa shape index (κ2) is 6.06. The average Bonchev–Trinajstić information content (AvgIpc) is 2.36. The number of hydrogen-bond donors (Lipinski definition) is 1. The molecule has 6 heteroatoms. The van der Waals surface area contributed by atoms with Crippen LogP contribution in [0.3, 0.4) is 0 Å². The summed E-state index contributed by atoms with van der Waals surface area (Å²) in [6.45, 7) is 3.40. The number of hydrogen-bond acceptors (Lipinski definition) is 3. The number of esters is 1. The molecule has 0 saturated carbocycles. The minimum atomic E-state index is -4.34. The van der Waals surface area contributed by atoms with Gasteiger partial charge in [-0.25, -0.2) is 0 Å². The number of benzene rings is 1. The van der Waals surface area contributed by atoms with Crippen molar-refractivity contribution >= 4 is 5.97 Å². The van der Waals surface area contributed by atoms with Crippen LogP contribution < -0.4 is 5.32 Å². The molecule has 0 bridgehead atoms. The van der Waals surface area contributed by atoms with Crippen LogP contribution in [0.1, 0.15) is 31.0 Å². The maximum absolute atomic E-state index is 12.4. The largest absolute Gasteiger partial charge is 0.468 e. The van der Waals surface area contributed by atoms with E-state index in [1.807, 2.05) is 0 Å². The third kappa shape index (κ3) is 4.24. The third-order valence-electron chi connectivity index (χ3n) is 2.79. The highest BCUT2D eigenvalue weighted by atomic mass is 19.4. The molecule has 0 aliphatic heterocycles. The van der Waals surface area contributed by atoms with Crippen LogP contribution in [0.2, 0.25) is 0 Å². The maximum Gasteiger partial charge on any atom is 0.416 e. The van der Waals surface area contributed by atoms with Gasteiger partial charge < -0.3 is 4.74 Å². The summed E-state index contributed by atoms with van der Waals surface area (Å²) in [5, 5.41) is 2.95. The highest BCUT2D eigenvalue weighted by Crippen LogP contribution is 2.29. The fourth-order valence-corrected chi connectivity index (χ4v) is 1.68. The smallest absolute Gasteiger partial charge is 0.416 e. The predicted molar refractivity (Wildman–Crippen MR) is 64.5 cm³/mol. The van der Waals surface area contributed by atoms with Crippen molar-refractivity contribution in [2.24, 2.45) is 0 Å². The van der Waals surface area contributed by atoms with E-state index in [0.717, 1.165) is 12.1 Å². The number of carbonyl (C=O) groups is 1. The van der Waals surface area contributed by atoms with E-state index in [0.29, 0.717) is 5.56 Å². The number of rotatable bonds is 4. The van der Waals surface area contributed by atoms with Crippen LogP contribution in [0.25, 0.3) is 0 Å². The first kappa shape index (κ1) is 15.5. The van der Waals surface area contributed by atoms with Crippen LogP contribution in [0.4, 0.5) is 13.2 Å². The highest BCUT2D eigenvalue weighted by Gasteiger charge is 2.30. The van der Waals surface area contributed by atoms with E-state index in [1.165, 1.54) is 19.2 Å². The van der Waals surface area contributed by atoms with E-state index in [1.54, 1.807) is 13.8 Å². The molecule has 0 spiro atoms. The van der Waals surface area contributed by atoms with Crippen molar-refractivity contribution < 1.29 is 22.7 Å². The van der Waals surface area contributed by atoms with Crippen LogP contribution in [-0.2, 0) is 15.7 Å². The van der Waals surface area contributed by atoms with Crippen LogP contribution in [0.5, 0.6) is 0 Å². The Bertz CT molecular complexity index is 429. The average molecular weight is 275 g/mol. The molecule has 0 heterocycles. The van der Waals surface area contributed by atoms with E-state index >= 15 is 0 Å². The number of carbonyl (C=O) groups excluding carboxylic acids is 1. The number of methoxy groups -OCH3 is 1. The Morgan fingerprint density at radius 3 is 2.16 bits per heavy atom. The number of nitrogens with one attached hydrogen (secondary N) is 1. The lowest BCUT2D eigenvalue weighted by molar-refractivity contribution is -0.142. The van der Waals surface area contributed by atoms with E-state index in [4.69, 9.17) is 0 Å². The zero-order valence-electron chi connectivity index (χ0n) is 10.9. The van der Waals surface area contributed by atoms with Crippen molar-refractivity contribution in [2.45, 2.75) is 32.1 Å². The van der Waals surface area contributed by atoms with Gasteiger partial charge >= 0.3 is 12.1 Å². The van der Waals surface area contributed by atoms with Crippen molar-refractivity contribution in [1.82, 2.24) is 5.32 Å². The van der Waals surface area contributed by atoms with Crippen LogP contribution in [-0.4, -0.2) is 19.1 Å². The molecule has 0 aliphatic rings. The standard InChI is InChI=1S/C13H16F3NO2/c1-8(17-9(2)12(18)19-3)10-4-6-11(7-5-10)13(14,15)16/h4-9,17H,1-3H3/t8?,9-/m0/s1. The Balaban J connectivity index is 2.73. The quantitative estimate of drug-likeness (QED) is 0.859. The molecule has 1 aromatic rings. The van der Waals surface area contributed by atoms with Crippen molar-refractivity contribution in [1.29, 1.82) is 0 Å². The van der Waals surface area contributed by atoms with Gasteiger partial charge in [0.1, 0.15) is 6.04 Å². The Labute approximate surface area is 109 Å². The first-order valence-corrected chi connectivity index (χ1v) is 5.76. The lowest BCUT2D eigenvalue weighted by atomic mass is 10.1. The van der Waals surface area contributed by atoms with E-state index in [9.17, 15) is 18.0 Å². The normalized spacial score (nSPS) is 14.8. The first-order valence-electron chi connectivity index (χ1n) is 5.76. The highest BCUT2D eigenvalue weighted by molar-refractivity contribution is 5.75. The number of alkyl halides is 3. The Kier molecular flexibility index (Phi) is 4.94. The summed E-state index contributed by atoms with van der Waals surface area (Å²) in [4.78, 5) is 11.2. The van der Waals surface area contributed by atoms with Gasteiger partial charge in [0, 0.05) is 6.04 Å². The van der Waals surface area contributed by atoms with Crippen LogP contribution in [0.15, 0.2) is 24.3 Å². The van der Waals surface area contributed by atoms with Gasteiger partial charge in [0.05, 0.1) is 12.7 Å². The third-order valence-corrected chi connectivity index (χ3v) is 2.79. The molecule has 19 heavy (non-hydrogen) atoms. The topological polar surface area (TPSA) is 38.3 Å². The van der Waals surface area contributed by atoms with Crippen molar-refractivity contribution in [3.63, 3.8) is 0 Å². The summed E-state index contributed by atoms with van der Waals surface area (Å²) < 4.78 is 41.8. The minimum absolute atomic E-state index is 0.253. The molecule has 0 aliphatic carbocycles. The summed E-state index contributed by atoms with van der Waals surface area (Å²) in [5.41, 5.74) is -0.0202. The van der Waals surface area contributed by atoms with Gasteiger partial charge in [0.2, 0.25) is 0 Å². The van der Waals surface area contributed by atoms with Gasteiger partial charge in [0.15, 0.2) is 0 Å². The molecule has 0 radical (unpaired) electrons. The van der Waals surface area contributed by atoms with Gasteiger partial charge in [0.25, 0.3) is 0 Å². The Hall–Kier alpha value is -1.56. The molecule has 0 fully saturated rings. The Morgan fingerprint density at radius 2 is 1.74 bits per heavy atom. The second-order valence-electron chi connectivity index (χ2n) is 4.25. The van der Waals surface area contributed by atoms with Crippen LogP contribution in [0, 0.1) is 0 Å². The van der Waals surface area contributed by atoms with Gasteiger partial charge in [-0.2, -0.15) is 13.2 Å². The molecule has 106 valence electrons. The number of ether oxygens (including phenoxy) is 1. The molecule has 1 unspecified atom stereocenters. The maximum atomic E-state index is 12.4. The summed E-state index contributed by atoms with van der Waals surface area (Å²) in [5.74, 6) is -0.418. The molecule has 1 aromatic carbocycles. The SMILES string of the molecule is COC(=O)[C@H](C)NC(C)c1ccc(C(F)(F)F)cc1. The van der Waals surface area contributed by atoms with Crippen molar-refractivity contribution in [2.75, 3.05) is 7.11 Å². The van der Waals surface area contributed by atoms with E-state index in [-0.39, 0.29) is 6.04 Å². The fourth-order valence-electron chi connectivity index (χ4n) is 1.68. The van der Waals surface area contributed by atoms with Gasteiger partial charge in [-0.1, -0.05) is 12.1 Å². The summed E-state index contributed by atoms with van der Waals surface area (Å²) in [6.07, 6.45) is -4.34. The molecule has 0 saturated heterocycles. The van der Waals surface area contributed by atoms with Crippen molar-refractivity contribution in [3.8, 4) is 0 Å². The van der Waals surface area contributed by atoms with Gasteiger partial charge in [-0.3, -0.25) is 10.1 Å². The predicted octanol–water partition coefficient (Wildman–Crippen LogP) is 2.92. The van der Waals surface area contributed by atoms with Crippen molar-refractivity contribution in [3.05, 3.63) is 35.4 Å². The van der Waals surface area contributed by atoms with Gasteiger partial charge in [-0.15, -0.1) is 0 Å². The molecule has 2 atom stereocenters. The van der Waals surface area contributed by atoms with E-state index in [2.05, 4.69) is 10.1 Å². The zero-order chi connectivity index (χ0) is 14.6. The molecule has 1 N–H and O–H groups in total. The summed E-state index contributed by atoms with van der Waals surface area (Å²) in [6, 6.07) is 4.06. The molecular formula is C13H16F3NO2. The Morgan fingerprint density at radius 1 is 1.21 bits per heavy atom. The molecular weight excluding hydrogens is 259 g/mol. The monoisotopic (exact) mass is 275 g/mol. The van der Waals surface area contributed by atoms with E-state index < -0.39 is 23.8 Å². The zero-order valence-corrected chi connectivity index (χ0v) is 10.9. The molecule has 0 aromatic heterocycles. The molecule has 0 amide bonds. The second-order valence-corrected chi connectivity index (χ2v) is 4.25. The summed E-state index contributed by atoms with van der Waals surface area (Å²) >= 11 is 0. The van der Waals surface area contributed by atoms with Gasteiger partial charge in [-0.05, 0) is 31.5 Å². The molecule has 1 rings (SSSR count). The number of halogens is 3. The minimum Gasteiger partial charge on any atom is -0.468 e.